The molecular formula is C22H16ClN3O3. The lowest BCUT2D eigenvalue weighted by atomic mass is 10.1. The van der Waals surface area contributed by atoms with Gasteiger partial charge in [-0.3, -0.25) is 4.79 Å². The van der Waals surface area contributed by atoms with E-state index in [-0.39, 0.29) is 18.1 Å². The third kappa shape index (κ3) is 4.28. The molecule has 1 N–H and O–H groups in total. The molecule has 0 saturated heterocycles. The summed E-state index contributed by atoms with van der Waals surface area (Å²) in [6.45, 7) is 0.0278. The number of fused-ring (bicyclic) bond motifs is 1. The lowest BCUT2D eigenvalue weighted by molar-refractivity contribution is 0.0469. The normalized spacial score (nSPS) is 10.7. The van der Waals surface area contributed by atoms with Crippen LogP contribution >= 0.6 is 11.6 Å². The minimum atomic E-state index is -0.547. The first-order chi connectivity index (χ1) is 14.1. The number of hydrogen-bond acceptors (Lipinski definition) is 4. The number of ether oxygens (including phenoxy) is 1. The van der Waals surface area contributed by atoms with Gasteiger partial charge < -0.3 is 14.5 Å². The van der Waals surface area contributed by atoms with Gasteiger partial charge in [-0.15, -0.1) is 0 Å². The number of imidazole rings is 1. The molecule has 6 nitrogen and oxygen atoms in total. The van der Waals surface area contributed by atoms with Crippen LogP contribution in [0.3, 0.4) is 0 Å². The second kappa shape index (κ2) is 8.16. The minimum absolute atomic E-state index is 0.0278. The number of aromatic nitrogens is 2. The third-order valence-electron chi connectivity index (χ3n) is 4.27. The lowest BCUT2D eigenvalue weighted by Gasteiger charge is -2.10. The van der Waals surface area contributed by atoms with Crippen molar-refractivity contribution in [2.75, 3.05) is 5.32 Å². The molecule has 0 spiro atoms. The Hall–Kier alpha value is -3.64. The van der Waals surface area contributed by atoms with E-state index in [0.29, 0.717) is 22.0 Å². The summed E-state index contributed by atoms with van der Waals surface area (Å²) in [5.41, 5.74) is 2.47. The highest BCUT2D eigenvalue weighted by Crippen LogP contribution is 2.19. The predicted molar refractivity (Wildman–Crippen MR) is 110 cm³/mol. The molecule has 0 bridgehead atoms. The minimum Gasteiger partial charge on any atom is -0.455 e. The van der Waals surface area contributed by atoms with E-state index < -0.39 is 5.97 Å². The van der Waals surface area contributed by atoms with Crippen LogP contribution in [0.2, 0.25) is 5.02 Å². The zero-order chi connectivity index (χ0) is 20.2. The number of esters is 1. The van der Waals surface area contributed by atoms with Crippen LogP contribution in [-0.4, -0.2) is 21.3 Å². The Morgan fingerprint density at radius 1 is 1.00 bits per heavy atom. The van der Waals surface area contributed by atoms with Crippen LogP contribution in [0.4, 0.5) is 5.69 Å². The summed E-state index contributed by atoms with van der Waals surface area (Å²) in [4.78, 5) is 29.5. The van der Waals surface area contributed by atoms with E-state index >= 15 is 0 Å². The molecule has 0 aliphatic heterocycles. The first-order valence-electron chi connectivity index (χ1n) is 8.86. The third-order valence-corrected chi connectivity index (χ3v) is 4.52. The molecule has 0 fully saturated rings. The number of anilines is 1. The molecular weight excluding hydrogens is 390 g/mol. The Balaban J connectivity index is 1.47. The van der Waals surface area contributed by atoms with Crippen molar-refractivity contribution >= 4 is 34.8 Å². The molecule has 0 aliphatic carbocycles. The zero-order valence-corrected chi connectivity index (χ0v) is 16.0. The number of pyridine rings is 1. The van der Waals surface area contributed by atoms with Crippen molar-refractivity contribution in [3.8, 4) is 0 Å². The quantitative estimate of drug-likeness (QED) is 0.492. The molecule has 0 unspecified atom stereocenters. The highest BCUT2D eigenvalue weighted by Gasteiger charge is 2.16. The van der Waals surface area contributed by atoms with Gasteiger partial charge in [-0.25, -0.2) is 9.78 Å². The largest absolute Gasteiger partial charge is 0.455 e. The average molecular weight is 406 g/mol. The fraction of sp³-hybridized carbons (Fsp3) is 0.0455. The van der Waals surface area contributed by atoms with Gasteiger partial charge in [-0.2, -0.15) is 0 Å². The number of benzene rings is 2. The van der Waals surface area contributed by atoms with Gasteiger partial charge in [-0.1, -0.05) is 29.8 Å². The number of amides is 1. The van der Waals surface area contributed by atoms with E-state index in [9.17, 15) is 9.59 Å². The van der Waals surface area contributed by atoms with Crippen LogP contribution in [0.25, 0.3) is 5.65 Å². The predicted octanol–water partition coefficient (Wildman–Crippen LogP) is 4.60. The number of carbonyl (C=O) groups is 2. The van der Waals surface area contributed by atoms with E-state index in [1.54, 1.807) is 54.7 Å². The molecule has 4 rings (SSSR count). The summed E-state index contributed by atoms with van der Waals surface area (Å²) in [5, 5.41) is 3.28. The maximum absolute atomic E-state index is 12.6. The molecule has 0 radical (unpaired) electrons. The van der Waals surface area contributed by atoms with Gasteiger partial charge in [0.1, 0.15) is 12.3 Å². The van der Waals surface area contributed by atoms with E-state index in [1.165, 1.54) is 0 Å². The van der Waals surface area contributed by atoms with Crippen LogP contribution in [0, 0.1) is 0 Å². The van der Waals surface area contributed by atoms with E-state index in [1.807, 2.05) is 28.8 Å². The fourth-order valence-corrected chi connectivity index (χ4v) is 2.97. The van der Waals surface area contributed by atoms with E-state index in [2.05, 4.69) is 10.3 Å². The number of carbonyl (C=O) groups excluding carboxylic acids is 2. The summed E-state index contributed by atoms with van der Waals surface area (Å²) < 4.78 is 7.25. The molecule has 2 aromatic carbocycles. The van der Waals surface area contributed by atoms with Gasteiger partial charge in [0, 0.05) is 23.0 Å². The number of halogens is 1. The number of nitrogens with one attached hydrogen (secondary N) is 1. The highest BCUT2D eigenvalue weighted by molar-refractivity contribution is 6.30. The number of nitrogens with zero attached hydrogens (tertiary/aromatic N) is 2. The van der Waals surface area contributed by atoms with E-state index in [4.69, 9.17) is 16.3 Å². The SMILES string of the molecule is O=C(Nc1ccccc1C(=O)OCc1cn2ccccc2n1)c1ccc(Cl)cc1. The number of hydrogen-bond donors (Lipinski definition) is 1. The molecule has 0 saturated carbocycles. The summed E-state index contributed by atoms with van der Waals surface area (Å²) in [6.07, 6.45) is 3.67. The van der Waals surface area contributed by atoms with Crippen LogP contribution in [-0.2, 0) is 11.3 Å². The van der Waals surface area contributed by atoms with Crippen molar-refractivity contribution in [3.05, 3.63) is 101 Å². The standard InChI is InChI=1S/C22H16ClN3O3/c23-16-10-8-15(9-11-16)21(27)25-19-6-2-1-5-18(19)22(28)29-14-17-13-26-12-4-3-7-20(26)24-17/h1-13H,14H2,(H,25,27). The van der Waals surface area contributed by atoms with Crippen molar-refractivity contribution in [2.45, 2.75) is 6.61 Å². The summed E-state index contributed by atoms with van der Waals surface area (Å²) >= 11 is 5.85. The van der Waals surface area contributed by atoms with Crippen molar-refractivity contribution < 1.29 is 14.3 Å². The van der Waals surface area contributed by atoms with Crippen molar-refractivity contribution in [1.29, 1.82) is 0 Å². The molecule has 29 heavy (non-hydrogen) atoms. The van der Waals surface area contributed by atoms with E-state index in [0.717, 1.165) is 5.65 Å². The molecule has 4 aromatic rings. The van der Waals surface area contributed by atoms with Gasteiger partial charge in [0.2, 0.25) is 0 Å². The second-order valence-corrected chi connectivity index (χ2v) is 6.72. The molecule has 144 valence electrons. The summed E-state index contributed by atoms with van der Waals surface area (Å²) in [6, 6.07) is 18.8. The maximum Gasteiger partial charge on any atom is 0.340 e. The Labute approximate surface area is 171 Å². The number of para-hydroxylation sites is 1. The number of rotatable bonds is 5. The lowest BCUT2D eigenvalue weighted by Crippen LogP contribution is -2.15. The van der Waals surface area contributed by atoms with Crippen molar-refractivity contribution in [2.24, 2.45) is 0 Å². The molecule has 7 heteroatoms. The van der Waals surface area contributed by atoms with Crippen LogP contribution in [0.5, 0.6) is 0 Å². The Morgan fingerprint density at radius 2 is 1.76 bits per heavy atom. The van der Waals surface area contributed by atoms with Gasteiger partial charge in [0.25, 0.3) is 5.91 Å². The Morgan fingerprint density at radius 3 is 2.55 bits per heavy atom. The Kier molecular flexibility index (Phi) is 5.27. The van der Waals surface area contributed by atoms with Gasteiger partial charge in [0.15, 0.2) is 0 Å². The second-order valence-electron chi connectivity index (χ2n) is 6.28. The van der Waals surface area contributed by atoms with Gasteiger partial charge in [0.05, 0.1) is 16.9 Å². The van der Waals surface area contributed by atoms with Crippen molar-refractivity contribution in [1.82, 2.24) is 9.38 Å². The molecule has 0 aliphatic rings. The molecule has 2 heterocycles. The van der Waals surface area contributed by atoms with Crippen LogP contribution in [0.1, 0.15) is 26.4 Å². The zero-order valence-electron chi connectivity index (χ0n) is 15.2. The fourth-order valence-electron chi connectivity index (χ4n) is 2.84. The summed E-state index contributed by atoms with van der Waals surface area (Å²) in [7, 11) is 0. The first kappa shape index (κ1) is 18.7. The molecule has 2 aromatic heterocycles. The monoisotopic (exact) mass is 405 g/mol. The molecule has 0 atom stereocenters. The Bertz CT molecular complexity index is 1150. The van der Waals surface area contributed by atoms with Gasteiger partial charge in [-0.05, 0) is 48.5 Å². The van der Waals surface area contributed by atoms with Crippen molar-refractivity contribution in [3.63, 3.8) is 0 Å². The first-order valence-corrected chi connectivity index (χ1v) is 9.23. The van der Waals surface area contributed by atoms with Gasteiger partial charge >= 0.3 is 5.97 Å². The smallest absolute Gasteiger partial charge is 0.340 e. The topological polar surface area (TPSA) is 72.7 Å². The van der Waals surface area contributed by atoms with Crippen LogP contribution in [0.15, 0.2) is 79.1 Å². The average Bonchev–Trinajstić information content (AvgIpc) is 3.16. The highest BCUT2D eigenvalue weighted by atomic mass is 35.5. The maximum atomic E-state index is 12.6. The summed E-state index contributed by atoms with van der Waals surface area (Å²) in [5.74, 6) is -0.892. The van der Waals surface area contributed by atoms with Crippen LogP contribution < -0.4 is 5.32 Å². The molecule has 1 amide bonds.